The van der Waals surface area contributed by atoms with E-state index in [1.165, 1.54) is 5.56 Å². The second-order valence-electron chi connectivity index (χ2n) is 4.78. The number of nitrogens with zero attached hydrogens (tertiary/aromatic N) is 2. The quantitative estimate of drug-likeness (QED) is 0.842. The number of aryl methyl sites for hydroxylation is 1. The second-order valence-corrected chi connectivity index (χ2v) is 4.78. The van der Waals surface area contributed by atoms with Gasteiger partial charge < -0.3 is 14.6 Å². The number of rotatable bonds is 7. The topological polar surface area (TPSA) is 39.1 Å². The lowest BCUT2D eigenvalue weighted by atomic mass is 10.1. The Balaban J connectivity index is 2.09. The van der Waals surface area contributed by atoms with Crippen LogP contribution in [0.25, 0.3) is 0 Å². The molecule has 0 bridgehead atoms. The number of hydrogen-bond acceptors (Lipinski definition) is 3. The van der Waals surface area contributed by atoms with Crippen LogP contribution in [0.15, 0.2) is 36.8 Å². The highest BCUT2D eigenvalue weighted by Crippen LogP contribution is 2.25. The van der Waals surface area contributed by atoms with Gasteiger partial charge in [0.25, 0.3) is 0 Å². The Labute approximate surface area is 120 Å². The summed E-state index contributed by atoms with van der Waals surface area (Å²) in [5.74, 6) is 0.935. The summed E-state index contributed by atoms with van der Waals surface area (Å²) in [4.78, 5) is 4.16. The van der Waals surface area contributed by atoms with Gasteiger partial charge in [-0.1, -0.05) is 25.1 Å². The molecule has 0 saturated heterocycles. The zero-order valence-electron chi connectivity index (χ0n) is 12.5. The van der Waals surface area contributed by atoms with Crippen LogP contribution in [0.5, 0.6) is 5.75 Å². The molecule has 0 saturated carbocycles. The molecular formula is C16H23N3O. The van der Waals surface area contributed by atoms with Gasteiger partial charge in [-0.2, -0.15) is 0 Å². The lowest BCUT2D eigenvalue weighted by Gasteiger charge is -2.17. The first-order chi connectivity index (χ1) is 9.76. The maximum atomic E-state index is 5.99. The molecule has 1 aromatic heterocycles. The third-order valence-corrected chi connectivity index (χ3v) is 3.41. The number of para-hydroxylation sites is 1. The molecule has 2 aromatic rings. The number of imidazole rings is 1. The highest BCUT2D eigenvalue weighted by Gasteiger charge is 2.10. The molecule has 1 heterocycles. The van der Waals surface area contributed by atoms with E-state index in [1.807, 2.05) is 30.7 Å². The van der Waals surface area contributed by atoms with E-state index in [0.717, 1.165) is 24.5 Å². The van der Waals surface area contributed by atoms with Gasteiger partial charge in [0.05, 0.1) is 18.2 Å². The Hall–Kier alpha value is -1.81. The summed E-state index contributed by atoms with van der Waals surface area (Å²) in [6, 6.07) is 8.48. The molecular weight excluding hydrogens is 250 g/mol. The molecule has 1 unspecified atom stereocenters. The predicted octanol–water partition coefficient (Wildman–Crippen LogP) is 3.15. The van der Waals surface area contributed by atoms with Gasteiger partial charge in [0, 0.05) is 18.2 Å². The minimum atomic E-state index is 0.285. The van der Waals surface area contributed by atoms with E-state index < -0.39 is 0 Å². The van der Waals surface area contributed by atoms with Crippen molar-refractivity contribution in [2.24, 2.45) is 0 Å². The van der Waals surface area contributed by atoms with Crippen molar-refractivity contribution in [3.63, 3.8) is 0 Å². The summed E-state index contributed by atoms with van der Waals surface area (Å²) < 4.78 is 8.08. The van der Waals surface area contributed by atoms with Crippen molar-refractivity contribution in [2.45, 2.75) is 40.0 Å². The monoisotopic (exact) mass is 273 g/mol. The predicted molar refractivity (Wildman–Crippen MR) is 80.8 cm³/mol. The van der Waals surface area contributed by atoms with Gasteiger partial charge in [-0.05, 0) is 26.5 Å². The summed E-state index contributed by atoms with van der Waals surface area (Å²) in [7, 11) is 0. The molecule has 1 atom stereocenters. The van der Waals surface area contributed by atoms with Gasteiger partial charge in [0.15, 0.2) is 0 Å². The number of aromatic nitrogens is 2. The Morgan fingerprint density at radius 1 is 1.30 bits per heavy atom. The first-order valence-electron chi connectivity index (χ1n) is 7.20. The van der Waals surface area contributed by atoms with Gasteiger partial charge in [-0.15, -0.1) is 0 Å². The molecule has 2 rings (SSSR count). The molecule has 0 fully saturated rings. The van der Waals surface area contributed by atoms with Gasteiger partial charge >= 0.3 is 0 Å². The molecule has 1 aromatic carbocycles. The largest absolute Gasteiger partial charge is 0.487 e. The summed E-state index contributed by atoms with van der Waals surface area (Å²) in [6.07, 6.45) is 3.70. The maximum absolute atomic E-state index is 5.99. The molecule has 20 heavy (non-hydrogen) atoms. The zero-order chi connectivity index (χ0) is 14.4. The molecule has 0 spiro atoms. The number of benzene rings is 1. The van der Waals surface area contributed by atoms with Crippen LogP contribution in [-0.2, 0) is 13.2 Å². The standard InChI is InChI=1S/C16H23N3O/c1-4-18-13(3)15-8-6-7-9-16(15)20-11-14-10-17-12-19(14)5-2/h6-10,12-13,18H,4-5,11H2,1-3H3. The summed E-state index contributed by atoms with van der Waals surface area (Å²) in [6.45, 7) is 8.77. The Morgan fingerprint density at radius 2 is 2.10 bits per heavy atom. The fourth-order valence-electron chi connectivity index (χ4n) is 2.29. The lowest BCUT2D eigenvalue weighted by molar-refractivity contribution is 0.289. The zero-order valence-corrected chi connectivity index (χ0v) is 12.5. The average Bonchev–Trinajstić information content (AvgIpc) is 2.93. The van der Waals surface area contributed by atoms with Crippen LogP contribution in [-0.4, -0.2) is 16.1 Å². The van der Waals surface area contributed by atoms with Gasteiger partial charge in [0.2, 0.25) is 0 Å². The van der Waals surface area contributed by atoms with E-state index in [2.05, 4.69) is 41.7 Å². The lowest BCUT2D eigenvalue weighted by Crippen LogP contribution is -2.18. The Kier molecular flexibility index (Phi) is 5.18. The highest BCUT2D eigenvalue weighted by atomic mass is 16.5. The maximum Gasteiger partial charge on any atom is 0.130 e. The fraction of sp³-hybridized carbons (Fsp3) is 0.438. The summed E-state index contributed by atoms with van der Waals surface area (Å²) in [5, 5.41) is 3.42. The summed E-state index contributed by atoms with van der Waals surface area (Å²) >= 11 is 0. The molecule has 0 aliphatic carbocycles. The van der Waals surface area contributed by atoms with E-state index in [-0.39, 0.29) is 6.04 Å². The SMILES string of the molecule is CCNC(C)c1ccccc1OCc1cncn1CC. The van der Waals surface area contributed by atoms with Crippen LogP contribution in [0.4, 0.5) is 0 Å². The minimum Gasteiger partial charge on any atom is -0.487 e. The third-order valence-electron chi connectivity index (χ3n) is 3.41. The number of hydrogen-bond donors (Lipinski definition) is 1. The molecule has 0 aliphatic heterocycles. The Bertz CT molecular complexity index is 536. The van der Waals surface area contributed by atoms with Crippen LogP contribution >= 0.6 is 0 Å². The van der Waals surface area contributed by atoms with Gasteiger partial charge in [0.1, 0.15) is 12.4 Å². The van der Waals surface area contributed by atoms with E-state index in [4.69, 9.17) is 4.74 Å². The van der Waals surface area contributed by atoms with E-state index in [1.54, 1.807) is 0 Å². The third kappa shape index (κ3) is 3.39. The Morgan fingerprint density at radius 3 is 2.85 bits per heavy atom. The van der Waals surface area contributed by atoms with E-state index >= 15 is 0 Å². The smallest absolute Gasteiger partial charge is 0.130 e. The molecule has 0 aliphatic rings. The fourth-order valence-corrected chi connectivity index (χ4v) is 2.29. The van der Waals surface area contributed by atoms with Crippen molar-refractivity contribution in [3.8, 4) is 5.75 Å². The van der Waals surface area contributed by atoms with Crippen LogP contribution < -0.4 is 10.1 Å². The van der Waals surface area contributed by atoms with Crippen molar-refractivity contribution >= 4 is 0 Å². The molecule has 1 N–H and O–H groups in total. The van der Waals surface area contributed by atoms with Crippen molar-refractivity contribution in [2.75, 3.05) is 6.54 Å². The minimum absolute atomic E-state index is 0.285. The highest BCUT2D eigenvalue weighted by molar-refractivity contribution is 5.35. The average molecular weight is 273 g/mol. The molecule has 4 heteroatoms. The van der Waals surface area contributed by atoms with Crippen molar-refractivity contribution < 1.29 is 4.74 Å². The van der Waals surface area contributed by atoms with Crippen molar-refractivity contribution in [1.29, 1.82) is 0 Å². The molecule has 4 nitrogen and oxygen atoms in total. The van der Waals surface area contributed by atoms with Crippen LogP contribution in [0.2, 0.25) is 0 Å². The van der Waals surface area contributed by atoms with Gasteiger partial charge in [-0.3, -0.25) is 0 Å². The first kappa shape index (κ1) is 14.6. The normalized spacial score (nSPS) is 12.3. The number of ether oxygens (including phenoxy) is 1. The molecule has 0 radical (unpaired) electrons. The van der Waals surface area contributed by atoms with Crippen LogP contribution in [0.1, 0.15) is 38.1 Å². The summed E-state index contributed by atoms with van der Waals surface area (Å²) in [5.41, 5.74) is 2.29. The molecule has 0 amide bonds. The van der Waals surface area contributed by atoms with Crippen LogP contribution in [0, 0.1) is 0 Å². The number of nitrogens with one attached hydrogen (secondary N) is 1. The van der Waals surface area contributed by atoms with Gasteiger partial charge in [-0.25, -0.2) is 4.98 Å². The first-order valence-corrected chi connectivity index (χ1v) is 7.20. The molecule has 108 valence electrons. The van der Waals surface area contributed by atoms with Crippen LogP contribution in [0.3, 0.4) is 0 Å². The van der Waals surface area contributed by atoms with Crippen molar-refractivity contribution in [1.82, 2.24) is 14.9 Å². The van der Waals surface area contributed by atoms with Crippen molar-refractivity contribution in [3.05, 3.63) is 48.0 Å². The van der Waals surface area contributed by atoms with E-state index in [0.29, 0.717) is 6.61 Å². The second kappa shape index (κ2) is 7.10. The van der Waals surface area contributed by atoms with E-state index in [9.17, 15) is 0 Å².